The van der Waals surface area contributed by atoms with Gasteiger partial charge in [0.15, 0.2) is 0 Å². The number of hydrogen-bond acceptors (Lipinski definition) is 5. The van der Waals surface area contributed by atoms with Gasteiger partial charge in [-0.25, -0.2) is 0 Å². The number of azo groups is 1. The van der Waals surface area contributed by atoms with Crippen LogP contribution in [0.25, 0.3) is 0 Å². The first-order valence-corrected chi connectivity index (χ1v) is 9.05. The maximum atomic E-state index is 13.1. The molecule has 7 heteroatoms. The van der Waals surface area contributed by atoms with E-state index in [1.807, 2.05) is 24.3 Å². The zero-order valence-electron chi connectivity index (χ0n) is 13.9. The Morgan fingerprint density at radius 1 is 1.00 bits per heavy atom. The number of nitrogens with zero attached hydrogens (tertiary/aromatic N) is 3. The van der Waals surface area contributed by atoms with Crippen LogP contribution in [0.1, 0.15) is 19.4 Å². The lowest BCUT2D eigenvalue weighted by Gasteiger charge is -2.20. The SMILES string of the molecule is CCN(CC)c1ccc(N=Nc2cc(S(=O)(=O)F)ccc2C)cc1. The fourth-order valence-corrected chi connectivity index (χ4v) is 2.76. The predicted octanol–water partition coefficient (Wildman–Crippen LogP) is 4.91. The van der Waals surface area contributed by atoms with Gasteiger partial charge in [-0.3, -0.25) is 0 Å². The minimum atomic E-state index is -4.75. The summed E-state index contributed by atoms with van der Waals surface area (Å²) in [4.78, 5) is 1.79. The van der Waals surface area contributed by atoms with Crippen molar-refractivity contribution < 1.29 is 12.3 Å². The highest BCUT2D eigenvalue weighted by atomic mass is 32.3. The largest absolute Gasteiger partial charge is 0.372 e. The summed E-state index contributed by atoms with van der Waals surface area (Å²) >= 11 is 0. The van der Waals surface area contributed by atoms with Crippen LogP contribution in [0.3, 0.4) is 0 Å². The lowest BCUT2D eigenvalue weighted by molar-refractivity contribution is 0.552. The number of halogens is 1. The van der Waals surface area contributed by atoms with Crippen molar-refractivity contribution in [3.63, 3.8) is 0 Å². The second-order valence-corrected chi connectivity index (χ2v) is 6.62. The molecule has 0 aromatic heterocycles. The molecule has 2 aromatic carbocycles. The molecule has 0 fully saturated rings. The van der Waals surface area contributed by atoms with Crippen molar-refractivity contribution in [3.8, 4) is 0 Å². The van der Waals surface area contributed by atoms with Crippen molar-refractivity contribution in [2.75, 3.05) is 18.0 Å². The van der Waals surface area contributed by atoms with Gasteiger partial charge < -0.3 is 4.90 Å². The molecule has 0 amide bonds. The average molecular weight is 349 g/mol. The molecule has 2 rings (SSSR count). The van der Waals surface area contributed by atoms with Crippen molar-refractivity contribution >= 4 is 27.3 Å². The fraction of sp³-hybridized carbons (Fsp3) is 0.294. The fourth-order valence-electron chi connectivity index (χ4n) is 2.28. The molecule has 0 N–H and O–H groups in total. The topological polar surface area (TPSA) is 62.1 Å². The monoisotopic (exact) mass is 349 g/mol. The molecule has 0 radical (unpaired) electrons. The number of anilines is 1. The Balaban J connectivity index is 2.25. The Kier molecular flexibility index (Phi) is 5.66. The van der Waals surface area contributed by atoms with Crippen molar-refractivity contribution in [1.82, 2.24) is 0 Å². The summed E-state index contributed by atoms with van der Waals surface area (Å²) in [6.45, 7) is 7.77. The smallest absolute Gasteiger partial charge is 0.332 e. The molecule has 0 aliphatic carbocycles. The van der Waals surface area contributed by atoms with Crippen molar-refractivity contribution in [2.24, 2.45) is 10.2 Å². The van der Waals surface area contributed by atoms with E-state index in [2.05, 4.69) is 29.0 Å². The Hall–Kier alpha value is -2.28. The third kappa shape index (κ3) is 4.38. The Morgan fingerprint density at radius 3 is 2.17 bits per heavy atom. The molecular weight excluding hydrogens is 329 g/mol. The second kappa shape index (κ2) is 7.53. The van der Waals surface area contributed by atoms with E-state index < -0.39 is 15.1 Å². The summed E-state index contributed by atoms with van der Waals surface area (Å²) in [5.41, 5.74) is 2.77. The number of hydrogen-bond donors (Lipinski definition) is 0. The minimum Gasteiger partial charge on any atom is -0.372 e. The normalized spacial score (nSPS) is 11.8. The second-order valence-electron chi connectivity index (χ2n) is 5.27. The van der Waals surface area contributed by atoms with Gasteiger partial charge in [-0.1, -0.05) is 6.07 Å². The number of benzene rings is 2. The zero-order chi connectivity index (χ0) is 17.7. The summed E-state index contributed by atoms with van der Waals surface area (Å²) in [6.07, 6.45) is 0. The van der Waals surface area contributed by atoms with E-state index in [1.54, 1.807) is 6.92 Å². The molecule has 0 aliphatic rings. The van der Waals surface area contributed by atoms with Crippen LogP contribution < -0.4 is 4.90 Å². The van der Waals surface area contributed by atoms with E-state index in [0.29, 0.717) is 16.9 Å². The number of aryl methyl sites for hydroxylation is 1. The standard InChI is InChI=1S/C17H20FN3O2S/c1-4-21(5-2)15-9-7-14(8-10-15)19-20-17-12-16(24(18,22)23)11-6-13(17)3/h6-12H,4-5H2,1-3H3. The van der Waals surface area contributed by atoms with Gasteiger partial charge in [-0.05, 0) is 62.7 Å². The maximum absolute atomic E-state index is 13.1. The maximum Gasteiger partial charge on any atom is 0.332 e. The molecule has 128 valence electrons. The molecule has 0 bridgehead atoms. The molecule has 0 saturated heterocycles. The van der Waals surface area contributed by atoms with Gasteiger partial charge in [0.2, 0.25) is 0 Å². The molecule has 0 heterocycles. The molecule has 24 heavy (non-hydrogen) atoms. The Morgan fingerprint density at radius 2 is 1.62 bits per heavy atom. The van der Waals surface area contributed by atoms with Gasteiger partial charge in [0.05, 0.1) is 11.4 Å². The average Bonchev–Trinajstić information content (AvgIpc) is 2.55. The van der Waals surface area contributed by atoms with Gasteiger partial charge >= 0.3 is 10.2 Å². The van der Waals surface area contributed by atoms with E-state index >= 15 is 0 Å². The Bertz CT molecular complexity index is 829. The van der Waals surface area contributed by atoms with Gasteiger partial charge in [0, 0.05) is 18.8 Å². The Labute approximate surface area is 142 Å². The van der Waals surface area contributed by atoms with Gasteiger partial charge in [-0.2, -0.15) is 18.6 Å². The zero-order valence-corrected chi connectivity index (χ0v) is 14.7. The molecule has 5 nitrogen and oxygen atoms in total. The van der Waals surface area contributed by atoms with E-state index in [1.165, 1.54) is 18.2 Å². The van der Waals surface area contributed by atoms with Crippen molar-refractivity contribution in [1.29, 1.82) is 0 Å². The highest BCUT2D eigenvalue weighted by molar-refractivity contribution is 7.86. The van der Waals surface area contributed by atoms with Crippen molar-refractivity contribution in [2.45, 2.75) is 25.7 Å². The summed E-state index contributed by atoms with van der Waals surface area (Å²) in [7, 11) is -4.75. The molecule has 0 saturated carbocycles. The number of rotatable bonds is 6. The lowest BCUT2D eigenvalue weighted by Crippen LogP contribution is -2.21. The van der Waals surface area contributed by atoms with Crippen LogP contribution in [-0.2, 0) is 10.2 Å². The minimum absolute atomic E-state index is 0.321. The summed E-state index contributed by atoms with van der Waals surface area (Å²) in [5.74, 6) is 0. The first-order chi connectivity index (χ1) is 11.3. The summed E-state index contributed by atoms with van der Waals surface area (Å²) in [5, 5.41) is 8.15. The highest BCUT2D eigenvalue weighted by Gasteiger charge is 2.13. The molecule has 0 aliphatic heterocycles. The van der Waals surface area contributed by atoms with Crippen LogP contribution in [0.4, 0.5) is 20.9 Å². The highest BCUT2D eigenvalue weighted by Crippen LogP contribution is 2.27. The quantitative estimate of drug-likeness (QED) is 0.549. The third-order valence-corrected chi connectivity index (χ3v) is 4.53. The van der Waals surface area contributed by atoms with Gasteiger partial charge in [-0.15, -0.1) is 3.89 Å². The molecule has 0 spiro atoms. The van der Waals surface area contributed by atoms with Crippen LogP contribution in [0.15, 0.2) is 57.6 Å². The van der Waals surface area contributed by atoms with Gasteiger partial charge in [0.1, 0.15) is 4.90 Å². The van der Waals surface area contributed by atoms with E-state index in [-0.39, 0.29) is 0 Å². The van der Waals surface area contributed by atoms with E-state index in [9.17, 15) is 12.3 Å². The van der Waals surface area contributed by atoms with Crippen LogP contribution in [0.5, 0.6) is 0 Å². The van der Waals surface area contributed by atoms with Crippen molar-refractivity contribution in [3.05, 3.63) is 48.0 Å². The predicted molar refractivity (Wildman–Crippen MR) is 93.7 cm³/mol. The molecular formula is C17H20FN3O2S. The molecule has 2 aromatic rings. The first kappa shape index (κ1) is 18.1. The molecule has 0 unspecified atom stereocenters. The summed E-state index contributed by atoms with van der Waals surface area (Å²) < 4.78 is 35.0. The van der Waals surface area contributed by atoms with Crippen LogP contribution in [0.2, 0.25) is 0 Å². The van der Waals surface area contributed by atoms with E-state index in [4.69, 9.17) is 0 Å². The third-order valence-electron chi connectivity index (χ3n) is 3.71. The first-order valence-electron chi connectivity index (χ1n) is 7.67. The lowest BCUT2D eigenvalue weighted by atomic mass is 10.2. The molecule has 0 atom stereocenters. The summed E-state index contributed by atoms with van der Waals surface area (Å²) in [6, 6.07) is 11.5. The van der Waals surface area contributed by atoms with Crippen LogP contribution >= 0.6 is 0 Å². The van der Waals surface area contributed by atoms with Crippen LogP contribution in [0, 0.1) is 6.92 Å². The van der Waals surface area contributed by atoms with Gasteiger partial charge in [0.25, 0.3) is 0 Å². The van der Waals surface area contributed by atoms with E-state index in [0.717, 1.165) is 18.8 Å². The van der Waals surface area contributed by atoms with Crippen LogP contribution in [-0.4, -0.2) is 21.5 Å².